The number of benzene rings is 1. The molecule has 0 spiro atoms. The van der Waals surface area contributed by atoms with Crippen molar-refractivity contribution in [3.05, 3.63) is 85.8 Å². The number of anilines is 2. The number of carbonyl (C=O) groups excluding carboxylic acids is 1. The smallest absolute Gasteiger partial charge is 0.272 e. The van der Waals surface area contributed by atoms with Gasteiger partial charge in [0.2, 0.25) is 11.8 Å². The molecule has 9 nitrogen and oxygen atoms in total. The van der Waals surface area contributed by atoms with Gasteiger partial charge in [0.1, 0.15) is 17.5 Å². The van der Waals surface area contributed by atoms with Crippen LogP contribution in [0.4, 0.5) is 16.0 Å². The Labute approximate surface area is 233 Å². The summed E-state index contributed by atoms with van der Waals surface area (Å²) in [5.74, 6) is -0.296. The summed E-state index contributed by atoms with van der Waals surface area (Å²) in [6, 6.07) is 6.46. The highest BCUT2D eigenvalue weighted by Crippen LogP contribution is 2.46. The monoisotopic (exact) mass is 570 g/mol. The molecule has 3 aromatic heterocycles. The molecule has 1 aliphatic heterocycles. The van der Waals surface area contributed by atoms with E-state index in [0.29, 0.717) is 39.9 Å². The zero-order valence-electron chi connectivity index (χ0n) is 21.8. The molecule has 1 aromatic carbocycles. The zero-order chi connectivity index (χ0) is 28.2. The molecule has 1 amide bonds. The molecule has 0 saturated carbocycles. The van der Waals surface area contributed by atoms with E-state index in [0.717, 1.165) is 0 Å². The van der Waals surface area contributed by atoms with Gasteiger partial charge in [-0.05, 0) is 43.7 Å². The number of pyridine rings is 1. The van der Waals surface area contributed by atoms with Gasteiger partial charge in [0.25, 0.3) is 11.5 Å². The number of H-pyrrole nitrogens is 1. The Morgan fingerprint density at radius 1 is 1.13 bits per heavy atom. The van der Waals surface area contributed by atoms with Crippen LogP contribution < -0.4 is 20.1 Å². The third kappa shape index (κ3) is 4.43. The highest BCUT2D eigenvalue weighted by molar-refractivity contribution is 6.31. The van der Waals surface area contributed by atoms with E-state index in [9.17, 15) is 14.0 Å². The minimum absolute atomic E-state index is 0.0390. The standard InChI is InChI=1S/C27H25Cl2FN6O3/c1-13(2)35-20(17-12-32-27(34(3)4)33-25(17)39-5)10-16-23(35)22(14-6-7-18(29)19(30)8-14)36(26(16)38)21-9-15(28)11-31-24(21)37/h6-13,22H,1-5H3,(H,31,37)/t22-/m1/s1. The molecule has 202 valence electrons. The molecule has 39 heavy (non-hydrogen) atoms. The lowest BCUT2D eigenvalue weighted by Crippen LogP contribution is -2.34. The lowest BCUT2D eigenvalue weighted by atomic mass is 10.0. The number of methoxy groups -OCH3 is 1. The molecule has 5 rings (SSSR count). The van der Waals surface area contributed by atoms with Crippen LogP contribution in [0.3, 0.4) is 0 Å². The second-order valence-electron chi connectivity index (χ2n) is 9.56. The highest BCUT2D eigenvalue weighted by Gasteiger charge is 2.44. The first-order valence-corrected chi connectivity index (χ1v) is 12.8. The molecular weight excluding hydrogens is 546 g/mol. The minimum atomic E-state index is -0.858. The van der Waals surface area contributed by atoms with Crippen LogP contribution in [0, 0.1) is 5.82 Å². The van der Waals surface area contributed by atoms with Crippen LogP contribution in [0.5, 0.6) is 5.88 Å². The first-order chi connectivity index (χ1) is 18.5. The van der Waals surface area contributed by atoms with E-state index in [4.69, 9.17) is 27.9 Å². The highest BCUT2D eigenvalue weighted by atomic mass is 35.5. The zero-order valence-corrected chi connectivity index (χ0v) is 23.3. The van der Waals surface area contributed by atoms with Crippen LogP contribution in [-0.2, 0) is 0 Å². The fraction of sp³-hybridized carbons (Fsp3) is 0.259. The summed E-state index contributed by atoms with van der Waals surface area (Å²) in [6.45, 7) is 3.92. The van der Waals surface area contributed by atoms with Gasteiger partial charge in [0.15, 0.2) is 0 Å². The van der Waals surface area contributed by atoms with Crippen molar-refractivity contribution in [1.82, 2.24) is 19.5 Å². The molecule has 0 saturated heterocycles. The number of nitrogens with one attached hydrogen (secondary N) is 1. The van der Waals surface area contributed by atoms with E-state index in [2.05, 4.69) is 15.0 Å². The molecule has 0 fully saturated rings. The quantitative estimate of drug-likeness (QED) is 0.329. The number of hydrogen-bond donors (Lipinski definition) is 1. The van der Waals surface area contributed by atoms with E-state index in [1.165, 1.54) is 36.4 Å². The van der Waals surface area contributed by atoms with E-state index in [1.54, 1.807) is 23.2 Å². The van der Waals surface area contributed by atoms with Gasteiger partial charge in [0, 0.05) is 32.5 Å². The molecular formula is C27H25Cl2FN6O3. The minimum Gasteiger partial charge on any atom is -0.480 e. The molecule has 1 aliphatic rings. The summed E-state index contributed by atoms with van der Waals surface area (Å²) in [5.41, 5.74) is 2.10. The van der Waals surface area contributed by atoms with E-state index in [1.807, 2.05) is 32.5 Å². The van der Waals surface area contributed by atoms with Crippen molar-refractivity contribution in [2.75, 3.05) is 31.0 Å². The maximum Gasteiger partial charge on any atom is 0.272 e. The summed E-state index contributed by atoms with van der Waals surface area (Å²) < 4.78 is 22.3. The third-order valence-electron chi connectivity index (χ3n) is 6.54. The first kappa shape index (κ1) is 26.7. The third-order valence-corrected chi connectivity index (χ3v) is 7.06. The van der Waals surface area contributed by atoms with Crippen LogP contribution in [0.2, 0.25) is 10.0 Å². The molecule has 12 heteroatoms. The lowest BCUT2D eigenvalue weighted by molar-refractivity contribution is 0.0993. The second-order valence-corrected chi connectivity index (χ2v) is 10.4. The number of nitrogens with zero attached hydrogens (tertiary/aromatic N) is 5. The van der Waals surface area contributed by atoms with Crippen LogP contribution in [0.25, 0.3) is 11.3 Å². The average Bonchev–Trinajstić information content (AvgIpc) is 3.41. The van der Waals surface area contributed by atoms with Crippen LogP contribution in [-0.4, -0.2) is 46.6 Å². The summed E-state index contributed by atoms with van der Waals surface area (Å²) >= 11 is 12.2. The molecule has 0 bridgehead atoms. The van der Waals surface area contributed by atoms with Crippen molar-refractivity contribution in [2.24, 2.45) is 0 Å². The normalized spacial score (nSPS) is 14.7. The Hall–Kier alpha value is -3.89. The van der Waals surface area contributed by atoms with Crippen LogP contribution in [0.1, 0.15) is 47.5 Å². The van der Waals surface area contributed by atoms with E-state index >= 15 is 0 Å². The van der Waals surface area contributed by atoms with Crippen LogP contribution in [0.15, 0.2) is 47.5 Å². The molecule has 1 N–H and O–H groups in total. The van der Waals surface area contributed by atoms with Crippen LogP contribution >= 0.6 is 23.2 Å². The lowest BCUT2D eigenvalue weighted by Gasteiger charge is -2.28. The predicted octanol–water partition coefficient (Wildman–Crippen LogP) is 5.48. The van der Waals surface area contributed by atoms with E-state index < -0.39 is 23.3 Å². The maximum absolute atomic E-state index is 14.7. The fourth-order valence-electron chi connectivity index (χ4n) is 4.89. The Bertz CT molecular complexity index is 1670. The van der Waals surface area contributed by atoms with Gasteiger partial charge in [-0.25, -0.2) is 9.37 Å². The number of fused-ring (bicyclic) bond motifs is 1. The number of hydrogen-bond acceptors (Lipinski definition) is 6. The van der Waals surface area contributed by atoms with Crippen molar-refractivity contribution < 1.29 is 13.9 Å². The van der Waals surface area contributed by atoms with Crippen molar-refractivity contribution in [1.29, 1.82) is 0 Å². The van der Waals surface area contributed by atoms with Gasteiger partial charge in [0.05, 0.1) is 39.7 Å². The second kappa shape index (κ2) is 10.0. The van der Waals surface area contributed by atoms with Gasteiger partial charge in [-0.2, -0.15) is 4.98 Å². The molecule has 0 radical (unpaired) electrons. The largest absolute Gasteiger partial charge is 0.480 e. The maximum atomic E-state index is 14.7. The van der Waals surface area contributed by atoms with Gasteiger partial charge in [-0.1, -0.05) is 29.3 Å². The molecule has 0 unspecified atom stereocenters. The van der Waals surface area contributed by atoms with Crippen molar-refractivity contribution in [2.45, 2.75) is 25.9 Å². The Balaban J connectivity index is 1.80. The number of amides is 1. The van der Waals surface area contributed by atoms with E-state index in [-0.39, 0.29) is 21.8 Å². The number of carbonyl (C=O) groups is 1. The van der Waals surface area contributed by atoms with Crippen molar-refractivity contribution in [3.63, 3.8) is 0 Å². The first-order valence-electron chi connectivity index (χ1n) is 12.0. The van der Waals surface area contributed by atoms with Crippen molar-refractivity contribution in [3.8, 4) is 17.1 Å². The van der Waals surface area contributed by atoms with Gasteiger partial charge >= 0.3 is 0 Å². The molecule has 4 aromatic rings. The van der Waals surface area contributed by atoms with Gasteiger partial charge in [-0.3, -0.25) is 14.5 Å². The fourth-order valence-corrected chi connectivity index (χ4v) is 5.17. The summed E-state index contributed by atoms with van der Waals surface area (Å²) in [4.78, 5) is 41.6. The molecule has 1 atom stereocenters. The number of aromatic nitrogens is 4. The van der Waals surface area contributed by atoms with Gasteiger partial charge in [-0.15, -0.1) is 0 Å². The van der Waals surface area contributed by atoms with Gasteiger partial charge < -0.3 is 19.2 Å². The molecule has 0 aliphatic carbocycles. The summed E-state index contributed by atoms with van der Waals surface area (Å²) in [6.07, 6.45) is 2.99. The number of halogens is 3. The number of ether oxygens (including phenoxy) is 1. The topological polar surface area (TPSA) is 96.3 Å². The van der Waals surface area contributed by atoms with Crippen molar-refractivity contribution >= 4 is 40.7 Å². The summed E-state index contributed by atoms with van der Waals surface area (Å²) in [7, 11) is 5.15. The Kier molecular flexibility index (Phi) is 6.86. The number of aromatic amines is 1. The number of rotatable bonds is 6. The Morgan fingerprint density at radius 2 is 1.87 bits per heavy atom. The molecule has 4 heterocycles. The summed E-state index contributed by atoms with van der Waals surface area (Å²) in [5, 5.41) is 0.184. The Morgan fingerprint density at radius 3 is 2.51 bits per heavy atom. The predicted molar refractivity (Wildman–Crippen MR) is 149 cm³/mol. The SMILES string of the molecule is COc1nc(N(C)C)ncc1-c1cc2c(n1C(C)C)[C@@H](c1ccc(Cl)c(F)c1)N(c1cc(Cl)c[nH]c1=O)C2=O. The average molecular weight is 571 g/mol.